The number of aryl methyl sites for hydroxylation is 2. The zero-order valence-corrected chi connectivity index (χ0v) is 13.7. The quantitative estimate of drug-likeness (QED) is 0.591. The number of benzene rings is 2. The van der Waals surface area contributed by atoms with Crippen LogP contribution < -0.4 is 0 Å². The summed E-state index contributed by atoms with van der Waals surface area (Å²) in [7, 11) is 0. The zero-order valence-electron chi connectivity index (χ0n) is 13.7. The summed E-state index contributed by atoms with van der Waals surface area (Å²) in [6.45, 7) is 12.0. The SMILES string of the molecule is Cc1cccc2c1C1c3c(C)cccc3C2C(C)(C)C1C. The van der Waals surface area contributed by atoms with E-state index in [0.29, 0.717) is 23.2 Å². The molecule has 0 amide bonds. The molecule has 0 N–H and O–H groups in total. The van der Waals surface area contributed by atoms with E-state index in [4.69, 9.17) is 0 Å². The molecular weight excluding hydrogens is 252 g/mol. The van der Waals surface area contributed by atoms with Gasteiger partial charge in [0.15, 0.2) is 0 Å². The monoisotopic (exact) mass is 276 g/mol. The highest BCUT2D eigenvalue weighted by molar-refractivity contribution is 5.61. The highest BCUT2D eigenvalue weighted by atomic mass is 14.6. The normalized spacial score (nSPS) is 28.1. The Morgan fingerprint density at radius 1 is 0.810 bits per heavy atom. The Labute approximate surface area is 128 Å². The van der Waals surface area contributed by atoms with Gasteiger partial charge in [-0.15, -0.1) is 0 Å². The van der Waals surface area contributed by atoms with Crippen molar-refractivity contribution in [3.05, 3.63) is 69.8 Å². The molecule has 2 aromatic rings. The first-order valence-electron chi connectivity index (χ1n) is 8.13. The Morgan fingerprint density at radius 3 is 1.76 bits per heavy atom. The smallest absolute Gasteiger partial charge is 0.0149 e. The second-order valence-corrected chi connectivity index (χ2v) is 7.68. The molecule has 0 aliphatic heterocycles. The van der Waals surface area contributed by atoms with E-state index >= 15 is 0 Å². The molecule has 0 aromatic heterocycles. The van der Waals surface area contributed by atoms with Gasteiger partial charge in [0.2, 0.25) is 0 Å². The molecular formula is C21H24. The Kier molecular flexibility index (Phi) is 2.50. The van der Waals surface area contributed by atoms with E-state index < -0.39 is 0 Å². The van der Waals surface area contributed by atoms with Gasteiger partial charge in [-0.3, -0.25) is 0 Å². The number of hydrogen-bond donors (Lipinski definition) is 0. The third-order valence-electron chi connectivity index (χ3n) is 6.38. The highest BCUT2D eigenvalue weighted by Crippen LogP contribution is 2.64. The summed E-state index contributed by atoms with van der Waals surface area (Å²) in [6.07, 6.45) is 0. The maximum absolute atomic E-state index is 2.46. The molecule has 3 aliphatic rings. The van der Waals surface area contributed by atoms with Gasteiger partial charge in [-0.05, 0) is 58.6 Å². The van der Waals surface area contributed by atoms with Crippen molar-refractivity contribution in [1.29, 1.82) is 0 Å². The van der Waals surface area contributed by atoms with Crippen molar-refractivity contribution in [2.45, 2.75) is 46.5 Å². The molecule has 0 heterocycles. The molecule has 0 heteroatoms. The van der Waals surface area contributed by atoms with Crippen molar-refractivity contribution in [1.82, 2.24) is 0 Å². The molecule has 108 valence electrons. The van der Waals surface area contributed by atoms with E-state index in [1.165, 1.54) is 11.1 Å². The van der Waals surface area contributed by atoms with E-state index in [2.05, 4.69) is 71.0 Å². The Hall–Kier alpha value is -1.56. The first-order valence-corrected chi connectivity index (χ1v) is 8.13. The fourth-order valence-corrected chi connectivity index (χ4v) is 5.07. The molecule has 0 spiro atoms. The van der Waals surface area contributed by atoms with Gasteiger partial charge in [-0.2, -0.15) is 0 Å². The number of rotatable bonds is 0. The second-order valence-electron chi connectivity index (χ2n) is 7.68. The van der Waals surface area contributed by atoms with Crippen LogP contribution >= 0.6 is 0 Å². The first kappa shape index (κ1) is 13.1. The maximum Gasteiger partial charge on any atom is 0.0149 e. The van der Waals surface area contributed by atoms with Crippen molar-refractivity contribution < 1.29 is 0 Å². The van der Waals surface area contributed by atoms with Gasteiger partial charge in [-0.1, -0.05) is 57.2 Å². The lowest BCUT2D eigenvalue weighted by atomic mass is 9.48. The molecule has 0 radical (unpaired) electrons. The summed E-state index contributed by atoms with van der Waals surface area (Å²) < 4.78 is 0. The van der Waals surface area contributed by atoms with Crippen LogP contribution in [0.25, 0.3) is 0 Å². The maximum atomic E-state index is 2.46. The minimum atomic E-state index is 0.326. The van der Waals surface area contributed by atoms with Crippen molar-refractivity contribution >= 4 is 0 Å². The van der Waals surface area contributed by atoms with Crippen molar-refractivity contribution in [2.75, 3.05) is 0 Å². The molecule has 5 rings (SSSR count). The predicted molar refractivity (Wildman–Crippen MR) is 89.0 cm³/mol. The van der Waals surface area contributed by atoms with E-state index in [1.807, 2.05) is 0 Å². The largest absolute Gasteiger partial charge is 0.0617 e. The van der Waals surface area contributed by atoms with E-state index in [-0.39, 0.29) is 0 Å². The van der Waals surface area contributed by atoms with Crippen LogP contribution in [0.15, 0.2) is 36.4 Å². The lowest BCUT2D eigenvalue weighted by Crippen LogP contribution is -2.45. The van der Waals surface area contributed by atoms with E-state index in [9.17, 15) is 0 Å². The van der Waals surface area contributed by atoms with Gasteiger partial charge in [0.05, 0.1) is 0 Å². The predicted octanol–water partition coefficient (Wildman–Crippen LogP) is 5.56. The summed E-state index contributed by atoms with van der Waals surface area (Å²) >= 11 is 0. The summed E-state index contributed by atoms with van der Waals surface area (Å²) in [4.78, 5) is 0. The average Bonchev–Trinajstić information content (AvgIpc) is 2.43. The first-order chi connectivity index (χ1) is 9.94. The molecule has 0 fully saturated rings. The van der Waals surface area contributed by atoms with Crippen LogP contribution in [0.2, 0.25) is 0 Å². The minimum Gasteiger partial charge on any atom is -0.0617 e. The lowest BCUT2D eigenvalue weighted by molar-refractivity contribution is 0.143. The van der Waals surface area contributed by atoms with Crippen LogP contribution in [0, 0.1) is 25.2 Å². The van der Waals surface area contributed by atoms with Crippen LogP contribution in [-0.2, 0) is 0 Å². The highest BCUT2D eigenvalue weighted by Gasteiger charge is 2.52. The summed E-state index contributed by atoms with van der Waals surface area (Å²) in [5.74, 6) is 1.80. The van der Waals surface area contributed by atoms with Gasteiger partial charge in [0.25, 0.3) is 0 Å². The number of fused-ring (bicyclic) bond motifs is 1. The number of hydrogen-bond acceptors (Lipinski definition) is 0. The Balaban J connectivity index is 2.13. The van der Waals surface area contributed by atoms with E-state index in [1.54, 1.807) is 22.3 Å². The van der Waals surface area contributed by atoms with Gasteiger partial charge in [0, 0.05) is 11.8 Å². The lowest BCUT2D eigenvalue weighted by Gasteiger charge is -2.55. The Morgan fingerprint density at radius 2 is 1.29 bits per heavy atom. The Bertz CT molecular complexity index is 682. The topological polar surface area (TPSA) is 0 Å². The van der Waals surface area contributed by atoms with Crippen molar-refractivity contribution in [2.24, 2.45) is 11.3 Å². The molecule has 2 aromatic carbocycles. The van der Waals surface area contributed by atoms with E-state index in [0.717, 1.165) is 0 Å². The second kappa shape index (κ2) is 4.00. The molecule has 0 saturated carbocycles. The molecule has 21 heavy (non-hydrogen) atoms. The van der Waals surface area contributed by atoms with Crippen LogP contribution in [0.5, 0.6) is 0 Å². The van der Waals surface area contributed by atoms with Crippen LogP contribution in [0.4, 0.5) is 0 Å². The zero-order chi connectivity index (χ0) is 14.9. The fourth-order valence-electron chi connectivity index (χ4n) is 5.07. The molecule has 2 bridgehead atoms. The minimum absolute atomic E-state index is 0.326. The molecule has 1 atom stereocenters. The average molecular weight is 276 g/mol. The summed E-state index contributed by atoms with van der Waals surface area (Å²) in [5.41, 5.74) is 9.68. The fraction of sp³-hybridized carbons (Fsp3) is 0.429. The summed E-state index contributed by atoms with van der Waals surface area (Å²) in [6, 6.07) is 13.8. The molecule has 0 nitrogen and oxygen atoms in total. The van der Waals surface area contributed by atoms with Crippen molar-refractivity contribution in [3.8, 4) is 0 Å². The molecule has 3 aliphatic carbocycles. The van der Waals surface area contributed by atoms with Gasteiger partial charge < -0.3 is 0 Å². The standard InChI is InChI=1S/C21H24/c1-12-8-6-10-15-17(12)19-14(3)21(4,5)20(15)16-11-7-9-13(2)18(16)19/h6-11,14,19-20H,1-5H3. The molecule has 0 saturated heterocycles. The summed E-state index contributed by atoms with van der Waals surface area (Å²) in [5, 5.41) is 0. The van der Waals surface area contributed by atoms with Crippen LogP contribution in [-0.4, -0.2) is 0 Å². The van der Waals surface area contributed by atoms with Gasteiger partial charge in [0.1, 0.15) is 0 Å². The van der Waals surface area contributed by atoms with Crippen LogP contribution in [0.1, 0.15) is 66.0 Å². The third-order valence-corrected chi connectivity index (χ3v) is 6.38. The van der Waals surface area contributed by atoms with Crippen LogP contribution in [0.3, 0.4) is 0 Å². The van der Waals surface area contributed by atoms with Gasteiger partial charge in [-0.25, -0.2) is 0 Å². The third kappa shape index (κ3) is 1.46. The van der Waals surface area contributed by atoms with Crippen molar-refractivity contribution in [3.63, 3.8) is 0 Å². The molecule has 1 unspecified atom stereocenters. The van der Waals surface area contributed by atoms with Gasteiger partial charge >= 0.3 is 0 Å².